The Hall–Kier alpha value is -1.06. The van der Waals surface area contributed by atoms with Crippen molar-refractivity contribution in [2.45, 2.75) is 6.92 Å². The van der Waals surface area contributed by atoms with E-state index in [4.69, 9.17) is 23.2 Å². The number of benzene rings is 1. The van der Waals surface area contributed by atoms with Crippen molar-refractivity contribution in [2.24, 2.45) is 0 Å². The van der Waals surface area contributed by atoms with E-state index < -0.39 is 0 Å². The summed E-state index contributed by atoms with van der Waals surface area (Å²) in [6.45, 7) is 1.92. The van der Waals surface area contributed by atoms with E-state index in [1.165, 1.54) is 0 Å². The van der Waals surface area contributed by atoms with Crippen LogP contribution in [0.4, 0.5) is 0 Å². The number of nitrogens with zero attached hydrogens (tertiary/aromatic N) is 2. The second-order valence-electron chi connectivity index (χ2n) is 2.83. The van der Waals surface area contributed by atoms with Gasteiger partial charge in [-0.3, -0.25) is 0 Å². The second kappa shape index (κ2) is 3.59. The summed E-state index contributed by atoms with van der Waals surface area (Å²) in [6.07, 6.45) is 0. The average molecular weight is 229 g/mol. The van der Waals surface area contributed by atoms with Gasteiger partial charge >= 0.3 is 5.35 Å². The van der Waals surface area contributed by atoms with Crippen LogP contribution in [0.2, 0.25) is 10.4 Å². The lowest BCUT2D eigenvalue weighted by molar-refractivity contribution is 0.421. The first-order chi connectivity index (χ1) is 6.66. The van der Waals surface area contributed by atoms with E-state index in [1.54, 1.807) is 6.07 Å². The molecule has 5 heteroatoms. The quantitative estimate of drug-likeness (QED) is 0.752. The number of aryl methyl sites for hydroxylation is 1. The van der Waals surface area contributed by atoms with Gasteiger partial charge in [-0.15, -0.1) is 0 Å². The van der Waals surface area contributed by atoms with Crippen LogP contribution in [0.25, 0.3) is 11.4 Å². The van der Waals surface area contributed by atoms with Crippen LogP contribution in [-0.4, -0.2) is 10.1 Å². The Kier molecular flexibility index (Phi) is 2.44. The maximum absolute atomic E-state index is 5.82. The van der Waals surface area contributed by atoms with E-state index in [2.05, 4.69) is 14.7 Å². The van der Waals surface area contributed by atoms with Crippen LogP contribution in [0.5, 0.6) is 0 Å². The molecule has 0 unspecified atom stereocenters. The minimum atomic E-state index is 0.0364. The van der Waals surface area contributed by atoms with Gasteiger partial charge in [0, 0.05) is 10.6 Å². The van der Waals surface area contributed by atoms with Crippen LogP contribution in [0.1, 0.15) is 5.56 Å². The van der Waals surface area contributed by atoms with Crippen molar-refractivity contribution in [3.63, 3.8) is 0 Å². The van der Waals surface area contributed by atoms with E-state index in [0.29, 0.717) is 10.8 Å². The Morgan fingerprint density at radius 1 is 1.29 bits per heavy atom. The van der Waals surface area contributed by atoms with Gasteiger partial charge in [-0.05, 0) is 42.3 Å². The molecule has 0 amide bonds. The summed E-state index contributed by atoms with van der Waals surface area (Å²) in [5.41, 5.74) is 1.85. The number of hydrogen-bond acceptors (Lipinski definition) is 3. The zero-order valence-corrected chi connectivity index (χ0v) is 8.80. The van der Waals surface area contributed by atoms with Gasteiger partial charge < -0.3 is 4.52 Å². The van der Waals surface area contributed by atoms with Crippen LogP contribution in [-0.2, 0) is 0 Å². The molecule has 2 rings (SSSR count). The van der Waals surface area contributed by atoms with Gasteiger partial charge in [0.15, 0.2) is 0 Å². The highest BCUT2D eigenvalue weighted by molar-refractivity contribution is 6.30. The van der Waals surface area contributed by atoms with Gasteiger partial charge in [0.1, 0.15) is 0 Å². The molecule has 0 fully saturated rings. The molecule has 0 aliphatic heterocycles. The fraction of sp³-hybridized carbons (Fsp3) is 0.111. The lowest BCUT2D eigenvalue weighted by Crippen LogP contribution is -1.84. The second-order valence-corrected chi connectivity index (χ2v) is 3.59. The molecule has 0 radical (unpaired) electrons. The van der Waals surface area contributed by atoms with Crippen molar-refractivity contribution in [3.8, 4) is 11.4 Å². The normalized spacial score (nSPS) is 10.5. The van der Waals surface area contributed by atoms with Crippen LogP contribution in [0, 0.1) is 6.92 Å². The topological polar surface area (TPSA) is 38.9 Å². The van der Waals surface area contributed by atoms with Gasteiger partial charge in [-0.25, -0.2) is 0 Å². The molecule has 1 heterocycles. The average Bonchev–Trinajstić information content (AvgIpc) is 2.51. The summed E-state index contributed by atoms with van der Waals surface area (Å²) in [5.74, 6) is 0.476. The first kappa shape index (κ1) is 9.49. The molecule has 0 atom stereocenters. The van der Waals surface area contributed by atoms with Gasteiger partial charge in [-0.2, -0.15) is 4.98 Å². The van der Waals surface area contributed by atoms with Crippen molar-refractivity contribution in [1.82, 2.24) is 10.1 Å². The summed E-state index contributed by atoms with van der Waals surface area (Å²) in [5, 5.41) is 4.43. The molecule has 0 saturated heterocycles. The fourth-order valence-corrected chi connectivity index (χ4v) is 1.53. The summed E-state index contributed by atoms with van der Waals surface area (Å²) < 4.78 is 4.68. The third-order valence-electron chi connectivity index (χ3n) is 1.83. The molecular weight excluding hydrogens is 223 g/mol. The maximum atomic E-state index is 5.82. The summed E-state index contributed by atoms with van der Waals surface area (Å²) in [4.78, 5) is 3.92. The van der Waals surface area contributed by atoms with Gasteiger partial charge in [0.05, 0.1) is 0 Å². The molecule has 3 nitrogen and oxygen atoms in total. The molecule has 14 heavy (non-hydrogen) atoms. The molecule has 1 aromatic heterocycles. The maximum Gasteiger partial charge on any atom is 0.320 e. The molecule has 72 valence electrons. The number of hydrogen-bond donors (Lipinski definition) is 0. The molecule has 0 aliphatic rings. The van der Waals surface area contributed by atoms with Crippen molar-refractivity contribution < 1.29 is 4.52 Å². The first-order valence-corrected chi connectivity index (χ1v) is 4.68. The summed E-state index contributed by atoms with van der Waals surface area (Å²) >= 11 is 11.3. The van der Waals surface area contributed by atoms with Crippen molar-refractivity contribution in [1.29, 1.82) is 0 Å². The predicted octanol–water partition coefficient (Wildman–Crippen LogP) is 3.35. The molecule has 0 saturated carbocycles. The Bertz CT molecular complexity index is 468. The third kappa shape index (κ3) is 1.74. The lowest BCUT2D eigenvalue weighted by Gasteiger charge is -1.99. The first-order valence-electron chi connectivity index (χ1n) is 3.92. The minimum Gasteiger partial charge on any atom is -0.321 e. The lowest BCUT2D eigenvalue weighted by atomic mass is 10.1. The van der Waals surface area contributed by atoms with Crippen LogP contribution >= 0.6 is 23.2 Å². The monoisotopic (exact) mass is 228 g/mol. The Balaban J connectivity index is 2.52. The van der Waals surface area contributed by atoms with Crippen LogP contribution < -0.4 is 0 Å². The van der Waals surface area contributed by atoms with E-state index >= 15 is 0 Å². The molecule has 2 aromatic rings. The highest BCUT2D eigenvalue weighted by atomic mass is 35.5. The highest BCUT2D eigenvalue weighted by Gasteiger charge is 2.09. The molecule has 0 spiro atoms. The van der Waals surface area contributed by atoms with Crippen molar-refractivity contribution in [3.05, 3.63) is 34.1 Å². The Morgan fingerprint density at radius 2 is 2.07 bits per heavy atom. The van der Waals surface area contributed by atoms with E-state index in [9.17, 15) is 0 Å². The molecule has 0 bridgehead atoms. The zero-order valence-electron chi connectivity index (χ0n) is 7.29. The van der Waals surface area contributed by atoms with Crippen LogP contribution in [0.15, 0.2) is 22.7 Å². The summed E-state index contributed by atoms with van der Waals surface area (Å²) in [7, 11) is 0. The number of halogens is 2. The van der Waals surface area contributed by atoms with E-state index in [-0.39, 0.29) is 5.35 Å². The standard InChI is InChI=1S/C9H6Cl2N2O/c1-5-4-6(10)2-3-7(5)8-12-9(11)14-13-8/h2-4H,1H3. The van der Waals surface area contributed by atoms with Crippen molar-refractivity contribution in [2.75, 3.05) is 0 Å². The SMILES string of the molecule is Cc1cc(Cl)ccc1-c1noc(Cl)n1. The largest absolute Gasteiger partial charge is 0.321 e. The number of aromatic nitrogens is 2. The Labute approximate surface area is 90.6 Å². The summed E-state index contributed by atoms with van der Waals surface area (Å²) in [6, 6.07) is 5.44. The molecule has 0 aliphatic carbocycles. The highest BCUT2D eigenvalue weighted by Crippen LogP contribution is 2.24. The van der Waals surface area contributed by atoms with E-state index in [0.717, 1.165) is 11.1 Å². The smallest absolute Gasteiger partial charge is 0.320 e. The van der Waals surface area contributed by atoms with Crippen LogP contribution in [0.3, 0.4) is 0 Å². The third-order valence-corrected chi connectivity index (χ3v) is 2.22. The number of rotatable bonds is 1. The fourth-order valence-electron chi connectivity index (χ4n) is 1.19. The molecule has 0 N–H and O–H groups in total. The van der Waals surface area contributed by atoms with Gasteiger partial charge in [0.2, 0.25) is 5.82 Å². The minimum absolute atomic E-state index is 0.0364. The predicted molar refractivity (Wildman–Crippen MR) is 54.5 cm³/mol. The van der Waals surface area contributed by atoms with E-state index in [1.807, 2.05) is 19.1 Å². The molecular formula is C9H6Cl2N2O. The van der Waals surface area contributed by atoms with Crippen molar-refractivity contribution >= 4 is 23.2 Å². The zero-order chi connectivity index (χ0) is 10.1. The van der Waals surface area contributed by atoms with Gasteiger partial charge in [0.25, 0.3) is 0 Å². The Morgan fingerprint density at radius 3 is 2.64 bits per heavy atom. The molecule has 1 aromatic carbocycles. The van der Waals surface area contributed by atoms with Gasteiger partial charge in [-0.1, -0.05) is 16.8 Å².